The third-order valence-electron chi connectivity index (χ3n) is 1.15. The van der Waals surface area contributed by atoms with Crippen LogP contribution in [0.1, 0.15) is 19.8 Å². The Morgan fingerprint density at radius 2 is 2.40 bits per heavy atom. The van der Waals surface area contributed by atoms with E-state index >= 15 is 0 Å². The Morgan fingerprint density at radius 1 is 1.80 bits per heavy atom. The molecule has 0 fully saturated rings. The molecule has 10 heavy (non-hydrogen) atoms. The smallest absolute Gasteiger partial charge is 0.246 e. The molecule has 59 valence electrons. The molecule has 3 heteroatoms. The van der Waals surface area contributed by atoms with Crippen molar-refractivity contribution in [2.75, 3.05) is 6.61 Å². The number of carbonyl (C=O) groups is 1. The third kappa shape index (κ3) is 3.45. The summed E-state index contributed by atoms with van der Waals surface area (Å²) in [5.74, 6) is -0.398. The van der Waals surface area contributed by atoms with E-state index in [0.29, 0.717) is 19.4 Å². The summed E-state index contributed by atoms with van der Waals surface area (Å²) in [7, 11) is 0. The van der Waals surface area contributed by atoms with E-state index in [1.165, 1.54) is 0 Å². The molecular weight excluding hydrogens is 130 g/mol. The molecule has 1 radical (unpaired) electrons. The summed E-state index contributed by atoms with van der Waals surface area (Å²) in [6, 6.07) is 0. The van der Waals surface area contributed by atoms with E-state index in [0.717, 1.165) is 0 Å². The van der Waals surface area contributed by atoms with Crippen LogP contribution in [0.2, 0.25) is 0 Å². The first-order valence-electron chi connectivity index (χ1n) is 3.42. The second-order valence-electron chi connectivity index (χ2n) is 1.99. The van der Waals surface area contributed by atoms with Gasteiger partial charge >= 0.3 is 0 Å². The number of hydrogen-bond acceptors (Lipinski definition) is 2. The minimum absolute atomic E-state index is 0.398. The molecule has 3 nitrogen and oxygen atoms in total. The number of amides is 1. The van der Waals surface area contributed by atoms with Crippen LogP contribution in [-0.4, -0.2) is 18.6 Å². The molecule has 0 aromatic heterocycles. The van der Waals surface area contributed by atoms with Gasteiger partial charge in [-0.05, 0) is 13.3 Å². The molecule has 0 aliphatic heterocycles. The molecule has 0 saturated heterocycles. The van der Waals surface area contributed by atoms with Crippen molar-refractivity contribution in [2.45, 2.75) is 25.9 Å². The Kier molecular flexibility index (Phi) is 4.94. The van der Waals surface area contributed by atoms with E-state index in [2.05, 4.69) is 6.92 Å². The van der Waals surface area contributed by atoms with Gasteiger partial charge < -0.3 is 10.5 Å². The van der Waals surface area contributed by atoms with Crippen LogP contribution in [0.3, 0.4) is 0 Å². The van der Waals surface area contributed by atoms with Crippen LogP contribution in [0.5, 0.6) is 0 Å². The lowest BCUT2D eigenvalue weighted by Crippen LogP contribution is -2.30. The molecule has 0 heterocycles. The fourth-order valence-corrected chi connectivity index (χ4v) is 0.694. The molecule has 0 rings (SSSR count). The van der Waals surface area contributed by atoms with Gasteiger partial charge in [-0.1, -0.05) is 13.3 Å². The van der Waals surface area contributed by atoms with Crippen LogP contribution in [0.15, 0.2) is 0 Å². The molecule has 0 aromatic carbocycles. The van der Waals surface area contributed by atoms with Crippen molar-refractivity contribution in [1.29, 1.82) is 0 Å². The predicted octanol–water partition coefficient (Wildman–Crippen LogP) is 0.491. The minimum atomic E-state index is -0.442. The van der Waals surface area contributed by atoms with Gasteiger partial charge in [0.15, 0.2) is 0 Å². The lowest BCUT2D eigenvalue weighted by Gasteiger charge is -2.10. The zero-order valence-corrected chi connectivity index (χ0v) is 6.30. The Hall–Kier alpha value is -0.570. The first-order valence-corrected chi connectivity index (χ1v) is 3.42. The lowest BCUT2D eigenvalue weighted by atomic mass is 10.2. The summed E-state index contributed by atoms with van der Waals surface area (Å²) in [4.78, 5) is 10.5. The summed E-state index contributed by atoms with van der Waals surface area (Å²) in [5.41, 5.74) is 5.02. The van der Waals surface area contributed by atoms with E-state index < -0.39 is 12.0 Å². The number of carbonyl (C=O) groups excluding carboxylic acids is 1. The average molecular weight is 144 g/mol. The van der Waals surface area contributed by atoms with Gasteiger partial charge in [0, 0.05) is 6.61 Å². The summed E-state index contributed by atoms with van der Waals surface area (Å²) in [6.07, 6.45) is 0.846. The topological polar surface area (TPSA) is 52.3 Å². The van der Waals surface area contributed by atoms with Gasteiger partial charge in [-0.25, -0.2) is 0 Å². The second kappa shape index (κ2) is 5.23. The number of hydrogen-bond donors (Lipinski definition) is 1. The van der Waals surface area contributed by atoms with E-state index in [1.807, 2.05) is 6.92 Å². The second-order valence-corrected chi connectivity index (χ2v) is 1.99. The highest BCUT2D eigenvalue weighted by atomic mass is 16.5. The van der Waals surface area contributed by atoms with E-state index in [9.17, 15) is 4.79 Å². The summed E-state index contributed by atoms with van der Waals surface area (Å²) in [6.45, 7) is 5.96. The summed E-state index contributed by atoms with van der Waals surface area (Å²) >= 11 is 0. The molecular formula is C7H14NO2. The standard InChI is InChI=1S/C7H14NO2/c1-3-5-6(7(8)9)10-4-2/h6H,1,3-5H2,2H3,(H2,8,9). The highest BCUT2D eigenvalue weighted by Gasteiger charge is 2.12. The van der Waals surface area contributed by atoms with Crippen molar-refractivity contribution in [2.24, 2.45) is 5.73 Å². The van der Waals surface area contributed by atoms with Crippen LogP contribution in [-0.2, 0) is 9.53 Å². The zero-order chi connectivity index (χ0) is 7.98. The van der Waals surface area contributed by atoms with Crippen LogP contribution >= 0.6 is 0 Å². The number of rotatable bonds is 5. The van der Waals surface area contributed by atoms with Gasteiger partial charge in [0.2, 0.25) is 5.91 Å². The van der Waals surface area contributed by atoms with E-state index in [-0.39, 0.29) is 0 Å². The normalized spacial score (nSPS) is 13.0. The number of ether oxygens (including phenoxy) is 1. The first kappa shape index (κ1) is 9.43. The third-order valence-corrected chi connectivity index (χ3v) is 1.15. The van der Waals surface area contributed by atoms with Gasteiger partial charge in [-0.3, -0.25) is 4.79 Å². The highest BCUT2D eigenvalue weighted by Crippen LogP contribution is 1.99. The molecule has 2 N–H and O–H groups in total. The molecule has 1 atom stereocenters. The molecule has 0 saturated carbocycles. The zero-order valence-electron chi connectivity index (χ0n) is 6.30. The fourth-order valence-electron chi connectivity index (χ4n) is 0.694. The average Bonchev–Trinajstić information content (AvgIpc) is 1.87. The maximum absolute atomic E-state index is 10.5. The van der Waals surface area contributed by atoms with Crippen molar-refractivity contribution >= 4 is 5.91 Å². The van der Waals surface area contributed by atoms with Gasteiger partial charge in [-0.2, -0.15) is 0 Å². The van der Waals surface area contributed by atoms with Crippen molar-refractivity contribution in [3.8, 4) is 0 Å². The first-order chi connectivity index (χ1) is 4.72. The Labute approximate surface area is 61.5 Å². The fraction of sp³-hybridized carbons (Fsp3) is 0.714. The summed E-state index contributed by atoms with van der Waals surface area (Å²) < 4.78 is 5.03. The predicted molar refractivity (Wildman–Crippen MR) is 39.2 cm³/mol. The van der Waals surface area contributed by atoms with Gasteiger partial charge in [0.05, 0.1) is 0 Å². The molecule has 0 aliphatic rings. The Bertz CT molecular complexity index is 97.8. The van der Waals surface area contributed by atoms with E-state index in [1.54, 1.807) is 0 Å². The SMILES string of the molecule is [CH2]CCC(OCC)C(N)=O. The Morgan fingerprint density at radius 3 is 2.70 bits per heavy atom. The molecule has 1 unspecified atom stereocenters. The molecule has 0 bridgehead atoms. The highest BCUT2D eigenvalue weighted by molar-refractivity contribution is 5.78. The molecule has 0 aromatic rings. The maximum atomic E-state index is 10.5. The monoisotopic (exact) mass is 144 g/mol. The van der Waals surface area contributed by atoms with Crippen molar-refractivity contribution < 1.29 is 9.53 Å². The summed E-state index contributed by atoms with van der Waals surface area (Å²) in [5, 5.41) is 0. The van der Waals surface area contributed by atoms with Crippen LogP contribution in [0, 0.1) is 6.92 Å². The quantitative estimate of drug-likeness (QED) is 0.610. The van der Waals surface area contributed by atoms with Crippen molar-refractivity contribution in [3.05, 3.63) is 6.92 Å². The minimum Gasteiger partial charge on any atom is -0.369 e. The van der Waals surface area contributed by atoms with Crippen molar-refractivity contribution in [3.63, 3.8) is 0 Å². The Balaban J connectivity index is 3.61. The van der Waals surface area contributed by atoms with Crippen LogP contribution < -0.4 is 5.73 Å². The van der Waals surface area contributed by atoms with Gasteiger partial charge in [0.1, 0.15) is 6.10 Å². The molecule has 1 amide bonds. The number of primary amides is 1. The van der Waals surface area contributed by atoms with Gasteiger partial charge in [-0.15, -0.1) is 0 Å². The van der Waals surface area contributed by atoms with Crippen LogP contribution in [0.25, 0.3) is 0 Å². The van der Waals surface area contributed by atoms with Gasteiger partial charge in [0.25, 0.3) is 0 Å². The number of nitrogens with two attached hydrogens (primary N) is 1. The molecule has 0 spiro atoms. The van der Waals surface area contributed by atoms with Crippen LogP contribution in [0.4, 0.5) is 0 Å². The van der Waals surface area contributed by atoms with Crippen molar-refractivity contribution in [1.82, 2.24) is 0 Å². The molecule has 0 aliphatic carbocycles. The largest absolute Gasteiger partial charge is 0.369 e. The van der Waals surface area contributed by atoms with E-state index in [4.69, 9.17) is 10.5 Å². The lowest BCUT2D eigenvalue weighted by molar-refractivity contribution is -0.129. The maximum Gasteiger partial charge on any atom is 0.246 e.